The summed E-state index contributed by atoms with van der Waals surface area (Å²) >= 11 is 0. The third-order valence-electron chi connectivity index (χ3n) is 2.28. The highest BCUT2D eigenvalue weighted by atomic mass is 28.2. The van der Waals surface area contributed by atoms with Crippen molar-refractivity contribution in [1.82, 2.24) is 0 Å². The normalized spacial score (nSPS) is 11.2. The van der Waals surface area contributed by atoms with Gasteiger partial charge in [-0.1, -0.05) is 6.07 Å². The lowest BCUT2D eigenvalue weighted by molar-refractivity contribution is -0.243. The quantitative estimate of drug-likeness (QED) is 0.397. The van der Waals surface area contributed by atoms with Crippen LogP contribution in [0.3, 0.4) is 0 Å². The van der Waals surface area contributed by atoms with Crippen LogP contribution in [0.2, 0.25) is 6.04 Å². The van der Waals surface area contributed by atoms with E-state index in [9.17, 15) is 8.78 Å². The number of ether oxygens (including phenoxy) is 2. The SMILES string of the molecule is CCOC(OCC)O[Si]CCc1ccc(F)c(F)c1. The molecule has 106 valence electrons. The second-order valence-electron chi connectivity index (χ2n) is 3.71. The van der Waals surface area contributed by atoms with Crippen molar-refractivity contribution in [2.75, 3.05) is 13.2 Å². The Bertz CT molecular complexity index is 371. The van der Waals surface area contributed by atoms with Crippen LogP contribution in [0.25, 0.3) is 0 Å². The molecule has 0 aromatic heterocycles. The number of halogens is 2. The summed E-state index contributed by atoms with van der Waals surface area (Å²) in [6.45, 7) is 4.11. The average molecular weight is 288 g/mol. The van der Waals surface area contributed by atoms with Gasteiger partial charge in [0, 0.05) is 13.2 Å². The molecule has 0 aliphatic carbocycles. The zero-order valence-corrected chi connectivity index (χ0v) is 12.1. The topological polar surface area (TPSA) is 27.7 Å². The molecule has 0 heterocycles. The molecule has 0 bridgehead atoms. The molecule has 19 heavy (non-hydrogen) atoms. The van der Waals surface area contributed by atoms with E-state index in [-0.39, 0.29) is 9.76 Å². The molecule has 2 radical (unpaired) electrons. The summed E-state index contributed by atoms with van der Waals surface area (Å²) in [6.07, 6.45) is 0.626. The summed E-state index contributed by atoms with van der Waals surface area (Å²) in [6, 6.07) is 4.63. The van der Waals surface area contributed by atoms with E-state index in [4.69, 9.17) is 13.9 Å². The highest BCUT2D eigenvalue weighted by molar-refractivity contribution is 6.27. The molecule has 0 unspecified atom stereocenters. The van der Waals surface area contributed by atoms with Crippen LogP contribution in [0.5, 0.6) is 0 Å². The lowest BCUT2D eigenvalue weighted by atomic mass is 10.2. The minimum Gasteiger partial charge on any atom is -0.372 e. The maximum absolute atomic E-state index is 13.0. The van der Waals surface area contributed by atoms with Gasteiger partial charge in [0.15, 0.2) is 11.6 Å². The summed E-state index contributed by atoms with van der Waals surface area (Å²) in [4.78, 5) is 0. The van der Waals surface area contributed by atoms with Gasteiger partial charge in [-0.15, -0.1) is 0 Å². The maximum Gasteiger partial charge on any atom is 0.261 e. The lowest BCUT2D eigenvalue weighted by Gasteiger charge is -2.16. The molecule has 3 nitrogen and oxygen atoms in total. The molecule has 0 N–H and O–H groups in total. The second-order valence-corrected chi connectivity index (χ2v) is 4.73. The highest BCUT2D eigenvalue weighted by Crippen LogP contribution is 2.10. The standard InChI is InChI=1S/C13H18F2O3Si/c1-3-16-13(17-4-2)18-19-8-7-10-5-6-11(14)12(15)9-10/h5-6,9,13H,3-4,7-8H2,1-2H3. The summed E-state index contributed by atoms with van der Waals surface area (Å²) < 4.78 is 41.6. The monoisotopic (exact) mass is 288 g/mol. The molecule has 0 spiro atoms. The molecule has 1 aromatic carbocycles. The van der Waals surface area contributed by atoms with E-state index in [1.807, 2.05) is 13.8 Å². The third kappa shape index (κ3) is 6.24. The van der Waals surface area contributed by atoms with Crippen LogP contribution in [-0.4, -0.2) is 29.5 Å². The van der Waals surface area contributed by atoms with Gasteiger partial charge in [0.25, 0.3) is 6.48 Å². The van der Waals surface area contributed by atoms with Crippen LogP contribution < -0.4 is 0 Å². The van der Waals surface area contributed by atoms with Gasteiger partial charge in [0.1, 0.15) is 0 Å². The van der Waals surface area contributed by atoms with Crippen molar-refractivity contribution in [3.63, 3.8) is 0 Å². The molecule has 0 saturated heterocycles. The van der Waals surface area contributed by atoms with Gasteiger partial charge >= 0.3 is 0 Å². The van der Waals surface area contributed by atoms with Crippen molar-refractivity contribution >= 4 is 9.76 Å². The van der Waals surface area contributed by atoms with Crippen LogP contribution in [0.15, 0.2) is 18.2 Å². The Morgan fingerprint density at radius 1 is 1.11 bits per heavy atom. The minimum absolute atomic E-state index is 0.186. The number of benzene rings is 1. The van der Waals surface area contributed by atoms with Crippen LogP contribution >= 0.6 is 0 Å². The molecule has 6 heteroatoms. The number of hydrogen-bond donors (Lipinski definition) is 0. The van der Waals surface area contributed by atoms with Gasteiger partial charge in [0.05, 0.1) is 0 Å². The Morgan fingerprint density at radius 3 is 2.37 bits per heavy atom. The lowest BCUT2D eigenvalue weighted by Crippen LogP contribution is -2.23. The third-order valence-corrected chi connectivity index (χ3v) is 3.10. The fourth-order valence-electron chi connectivity index (χ4n) is 1.41. The smallest absolute Gasteiger partial charge is 0.261 e. The van der Waals surface area contributed by atoms with Gasteiger partial charge in [0.2, 0.25) is 9.76 Å². The first-order chi connectivity index (χ1) is 9.17. The maximum atomic E-state index is 13.0. The first-order valence-corrected chi connectivity index (χ1v) is 7.34. The van der Waals surface area contributed by atoms with Crippen molar-refractivity contribution in [2.24, 2.45) is 0 Å². The van der Waals surface area contributed by atoms with E-state index in [0.29, 0.717) is 25.7 Å². The highest BCUT2D eigenvalue weighted by Gasteiger charge is 2.08. The van der Waals surface area contributed by atoms with Crippen LogP contribution in [0.1, 0.15) is 19.4 Å². The van der Waals surface area contributed by atoms with E-state index in [0.717, 1.165) is 11.6 Å². The molecule has 0 atom stereocenters. The second kappa shape index (κ2) is 9.14. The fourth-order valence-corrected chi connectivity index (χ4v) is 2.19. The average Bonchev–Trinajstić information content (AvgIpc) is 2.39. The molecular weight excluding hydrogens is 270 g/mol. The van der Waals surface area contributed by atoms with Crippen LogP contribution in [0, 0.1) is 11.6 Å². The summed E-state index contributed by atoms with van der Waals surface area (Å²) in [5, 5.41) is 0. The van der Waals surface area contributed by atoms with E-state index in [1.165, 1.54) is 6.07 Å². The Kier molecular flexibility index (Phi) is 7.81. The summed E-state index contributed by atoms with van der Waals surface area (Å²) in [5.41, 5.74) is 0.749. The van der Waals surface area contributed by atoms with E-state index in [1.54, 1.807) is 6.07 Å². The number of rotatable bonds is 9. The minimum atomic E-state index is -0.824. The predicted molar refractivity (Wildman–Crippen MR) is 68.7 cm³/mol. The van der Waals surface area contributed by atoms with Crippen molar-refractivity contribution in [1.29, 1.82) is 0 Å². The number of aryl methyl sites for hydroxylation is 1. The van der Waals surface area contributed by atoms with E-state index >= 15 is 0 Å². The van der Waals surface area contributed by atoms with E-state index in [2.05, 4.69) is 0 Å². The van der Waals surface area contributed by atoms with Crippen molar-refractivity contribution < 1.29 is 22.7 Å². The Hall–Kier alpha value is -0.823. The molecule has 1 aromatic rings. The van der Waals surface area contributed by atoms with Crippen molar-refractivity contribution in [2.45, 2.75) is 32.8 Å². The van der Waals surface area contributed by atoms with Gasteiger partial charge in [-0.2, -0.15) is 0 Å². The molecule has 0 aliphatic rings. The zero-order chi connectivity index (χ0) is 14.1. The molecule has 1 rings (SSSR count). The van der Waals surface area contributed by atoms with Gasteiger partial charge < -0.3 is 13.9 Å². The fraction of sp³-hybridized carbons (Fsp3) is 0.538. The van der Waals surface area contributed by atoms with Gasteiger partial charge in [-0.3, -0.25) is 0 Å². The Balaban J connectivity index is 2.27. The zero-order valence-electron chi connectivity index (χ0n) is 11.1. The van der Waals surface area contributed by atoms with E-state index < -0.39 is 18.1 Å². The molecule has 0 aliphatic heterocycles. The van der Waals surface area contributed by atoms with Gasteiger partial charge in [-0.05, 0) is 44.0 Å². The van der Waals surface area contributed by atoms with Crippen molar-refractivity contribution in [3.05, 3.63) is 35.4 Å². The Morgan fingerprint density at radius 2 is 1.79 bits per heavy atom. The van der Waals surface area contributed by atoms with Gasteiger partial charge in [-0.25, -0.2) is 8.78 Å². The molecule has 0 amide bonds. The molecule has 0 saturated carbocycles. The first kappa shape index (κ1) is 16.2. The summed E-state index contributed by atoms with van der Waals surface area (Å²) in [7, 11) is 0.186. The Labute approximate surface area is 114 Å². The molecule has 0 fully saturated rings. The predicted octanol–water partition coefficient (Wildman–Crippen LogP) is 2.92. The van der Waals surface area contributed by atoms with Crippen LogP contribution in [0.4, 0.5) is 8.78 Å². The number of hydrogen-bond acceptors (Lipinski definition) is 3. The first-order valence-electron chi connectivity index (χ1n) is 6.23. The molecular formula is C13H18F2O3Si. The largest absolute Gasteiger partial charge is 0.372 e. The summed E-state index contributed by atoms with van der Waals surface area (Å²) in [5.74, 6) is -1.64. The van der Waals surface area contributed by atoms with Crippen LogP contribution in [-0.2, 0) is 20.3 Å². The van der Waals surface area contributed by atoms with Crippen molar-refractivity contribution in [3.8, 4) is 0 Å².